The lowest BCUT2D eigenvalue weighted by Crippen LogP contribution is -2.45. The molecule has 35 heavy (non-hydrogen) atoms. The van der Waals surface area contributed by atoms with Gasteiger partial charge in [-0.25, -0.2) is 14.5 Å². The number of rotatable bonds is 7. The van der Waals surface area contributed by atoms with Crippen LogP contribution >= 0.6 is 0 Å². The van der Waals surface area contributed by atoms with Crippen molar-refractivity contribution in [1.29, 1.82) is 0 Å². The first kappa shape index (κ1) is 22.9. The Hall–Kier alpha value is -3.88. The van der Waals surface area contributed by atoms with Gasteiger partial charge in [-0.2, -0.15) is 0 Å². The fourth-order valence-corrected chi connectivity index (χ4v) is 4.83. The number of hydrogen-bond acceptors (Lipinski definition) is 5. The molecular weight excluding hydrogens is 448 g/mol. The summed E-state index contributed by atoms with van der Waals surface area (Å²) in [6.07, 6.45) is 2.19. The van der Waals surface area contributed by atoms with Crippen LogP contribution in [-0.4, -0.2) is 53.9 Å². The smallest absolute Gasteiger partial charge is 0.418 e. The van der Waals surface area contributed by atoms with Crippen LogP contribution in [-0.2, 0) is 32.9 Å². The van der Waals surface area contributed by atoms with Crippen molar-refractivity contribution in [3.8, 4) is 0 Å². The lowest BCUT2D eigenvalue weighted by Gasteiger charge is -2.25. The van der Waals surface area contributed by atoms with Crippen LogP contribution in [0.2, 0.25) is 0 Å². The largest absolute Gasteiger partial charge is 0.427 e. The second-order valence-electron chi connectivity index (χ2n) is 9.37. The number of fused-ring (bicyclic) bond motifs is 2. The first-order valence-corrected chi connectivity index (χ1v) is 11.9. The van der Waals surface area contributed by atoms with Crippen LogP contribution < -0.4 is 10.6 Å². The van der Waals surface area contributed by atoms with E-state index in [1.165, 1.54) is 7.05 Å². The van der Waals surface area contributed by atoms with E-state index >= 15 is 0 Å². The standard InChI is InChI=1S/C26H28N4O5/c1-27-24(33)28-20-9-10-21-19(13-20)11-12-26(21)23(32)30(25(34)35-26)16-22(31)29(15-18-7-8-18)14-17-5-3-2-4-6-17/h2-6,9-10,13,18H,7-8,11-12,14-16H2,1H3,(H2,27,28,33)/t26-/m0/s1. The van der Waals surface area contributed by atoms with Crippen LogP contribution in [0.1, 0.15) is 36.0 Å². The molecule has 9 nitrogen and oxygen atoms in total. The second kappa shape index (κ2) is 9.05. The maximum absolute atomic E-state index is 13.5. The van der Waals surface area contributed by atoms with E-state index in [9.17, 15) is 19.2 Å². The van der Waals surface area contributed by atoms with Gasteiger partial charge in [0.1, 0.15) is 6.54 Å². The molecule has 0 radical (unpaired) electrons. The molecule has 2 fully saturated rings. The molecule has 0 bridgehead atoms. The van der Waals surface area contributed by atoms with E-state index in [2.05, 4.69) is 10.6 Å². The predicted molar refractivity (Wildman–Crippen MR) is 127 cm³/mol. The Morgan fingerprint density at radius 2 is 1.91 bits per heavy atom. The van der Waals surface area contributed by atoms with Crippen LogP contribution in [0.3, 0.4) is 0 Å². The highest BCUT2D eigenvalue weighted by molar-refractivity contribution is 6.06. The highest BCUT2D eigenvalue weighted by Crippen LogP contribution is 2.46. The molecule has 2 N–H and O–H groups in total. The Morgan fingerprint density at radius 1 is 1.14 bits per heavy atom. The number of amides is 5. The van der Waals surface area contributed by atoms with Gasteiger partial charge in [-0.1, -0.05) is 36.4 Å². The Balaban J connectivity index is 1.32. The highest BCUT2D eigenvalue weighted by atomic mass is 16.6. The summed E-state index contributed by atoms with van der Waals surface area (Å²) in [5, 5.41) is 5.20. The molecule has 5 amide bonds. The average Bonchev–Trinajstić information content (AvgIpc) is 3.56. The maximum atomic E-state index is 13.5. The number of carbonyl (C=O) groups excluding carboxylic acids is 4. The number of imide groups is 1. The van der Waals surface area contributed by atoms with Gasteiger partial charge in [0.15, 0.2) is 0 Å². The summed E-state index contributed by atoms with van der Waals surface area (Å²) in [6, 6.07) is 14.5. The molecule has 182 valence electrons. The summed E-state index contributed by atoms with van der Waals surface area (Å²) in [5.41, 5.74) is 1.60. The molecule has 2 aromatic rings. The number of ether oxygens (including phenoxy) is 1. The van der Waals surface area contributed by atoms with Gasteiger partial charge in [0.2, 0.25) is 11.5 Å². The van der Waals surface area contributed by atoms with Crippen molar-refractivity contribution in [2.45, 2.75) is 37.8 Å². The first-order chi connectivity index (χ1) is 16.9. The third-order valence-corrected chi connectivity index (χ3v) is 6.88. The molecule has 0 aromatic heterocycles. The van der Waals surface area contributed by atoms with E-state index in [1.54, 1.807) is 23.1 Å². The number of anilines is 1. The predicted octanol–water partition coefficient (Wildman–Crippen LogP) is 3.00. The van der Waals surface area contributed by atoms with E-state index in [1.807, 2.05) is 30.3 Å². The number of nitrogens with zero attached hydrogens (tertiary/aromatic N) is 2. The minimum absolute atomic E-state index is 0.272. The molecule has 9 heteroatoms. The zero-order chi connectivity index (χ0) is 24.6. The number of aryl methyl sites for hydroxylation is 1. The van der Waals surface area contributed by atoms with Crippen molar-refractivity contribution in [3.63, 3.8) is 0 Å². The fourth-order valence-electron chi connectivity index (χ4n) is 4.83. The van der Waals surface area contributed by atoms with Crippen molar-refractivity contribution in [2.24, 2.45) is 5.92 Å². The van der Waals surface area contributed by atoms with Crippen LogP contribution in [0, 0.1) is 5.92 Å². The molecule has 1 atom stereocenters. The van der Waals surface area contributed by atoms with Gasteiger partial charge >= 0.3 is 12.1 Å². The van der Waals surface area contributed by atoms with Gasteiger partial charge in [0, 0.05) is 37.8 Å². The van der Waals surface area contributed by atoms with Crippen molar-refractivity contribution in [2.75, 3.05) is 25.5 Å². The molecule has 1 saturated heterocycles. The Kier molecular flexibility index (Phi) is 5.92. The van der Waals surface area contributed by atoms with Gasteiger partial charge in [0.05, 0.1) is 0 Å². The van der Waals surface area contributed by atoms with Gasteiger partial charge < -0.3 is 20.3 Å². The molecule has 2 aliphatic carbocycles. The lowest BCUT2D eigenvalue weighted by molar-refractivity contribution is -0.142. The van der Waals surface area contributed by atoms with Gasteiger partial charge in [-0.3, -0.25) is 9.59 Å². The van der Waals surface area contributed by atoms with Crippen LogP contribution in [0.4, 0.5) is 15.3 Å². The highest BCUT2D eigenvalue weighted by Gasteiger charge is 2.58. The molecule has 1 heterocycles. The van der Waals surface area contributed by atoms with Crippen molar-refractivity contribution < 1.29 is 23.9 Å². The van der Waals surface area contributed by atoms with E-state index in [0.29, 0.717) is 43.1 Å². The quantitative estimate of drug-likeness (QED) is 0.639. The zero-order valence-electron chi connectivity index (χ0n) is 19.6. The lowest BCUT2D eigenvalue weighted by atomic mass is 9.94. The van der Waals surface area contributed by atoms with Gasteiger partial charge in [-0.15, -0.1) is 0 Å². The molecule has 1 spiro atoms. The van der Waals surface area contributed by atoms with Gasteiger partial charge in [0.25, 0.3) is 5.91 Å². The third-order valence-electron chi connectivity index (χ3n) is 6.88. The number of nitrogens with one attached hydrogen (secondary N) is 2. The number of hydrogen-bond donors (Lipinski definition) is 2. The van der Waals surface area contributed by atoms with E-state index in [4.69, 9.17) is 4.74 Å². The number of urea groups is 1. The molecule has 5 rings (SSSR count). The summed E-state index contributed by atoms with van der Waals surface area (Å²) in [5.74, 6) is -0.311. The van der Waals surface area contributed by atoms with Crippen LogP contribution in [0.25, 0.3) is 0 Å². The first-order valence-electron chi connectivity index (χ1n) is 11.9. The third kappa shape index (κ3) is 4.45. The molecule has 2 aromatic carbocycles. The van der Waals surface area contributed by atoms with E-state index in [0.717, 1.165) is 28.9 Å². The summed E-state index contributed by atoms with van der Waals surface area (Å²) in [7, 11) is 1.52. The van der Waals surface area contributed by atoms with Crippen molar-refractivity contribution in [1.82, 2.24) is 15.1 Å². The SMILES string of the molecule is CNC(=O)Nc1ccc2c(c1)CC[C@]21OC(=O)N(CC(=O)N(Cc2ccccc2)CC2CC2)C1=O. The molecular formula is C26H28N4O5. The van der Waals surface area contributed by atoms with Crippen molar-refractivity contribution >= 4 is 29.6 Å². The summed E-state index contributed by atoms with van der Waals surface area (Å²) in [4.78, 5) is 53.9. The minimum Gasteiger partial charge on any atom is -0.427 e. The van der Waals surface area contributed by atoms with E-state index in [-0.39, 0.29) is 18.5 Å². The Bertz CT molecular complexity index is 1180. The van der Waals surface area contributed by atoms with E-state index < -0.39 is 17.6 Å². The van der Waals surface area contributed by atoms with Crippen LogP contribution in [0.5, 0.6) is 0 Å². The maximum Gasteiger partial charge on any atom is 0.418 e. The minimum atomic E-state index is -1.42. The molecule has 1 aliphatic heterocycles. The Morgan fingerprint density at radius 3 is 2.63 bits per heavy atom. The van der Waals surface area contributed by atoms with Gasteiger partial charge in [-0.05, 0) is 48.4 Å². The van der Waals surface area contributed by atoms with Crippen LogP contribution in [0.15, 0.2) is 48.5 Å². The molecule has 1 saturated carbocycles. The number of carbonyl (C=O) groups is 4. The summed E-state index contributed by atoms with van der Waals surface area (Å²) >= 11 is 0. The average molecular weight is 477 g/mol. The van der Waals surface area contributed by atoms with Crippen molar-refractivity contribution in [3.05, 3.63) is 65.2 Å². The number of benzene rings is 2. The topological polar surface area (TPSA) is 108 Å². The summed E-state index contributed by atoms with van der Waals surface area (Å²) < 4.78 is 5.66. The summed E-state index contributed by atoms with van der Waals surface area (Å²) in [6.45, 7) is 0.701. The molecule has 3 aliphatic rings. The monoisotopic (exact) mass is 476 g/mol. The fraction of sp³-hybridized carbons (Fsp3) is 0.385. The normalized spacial score (nSPS) is 20.5. The molecule has 0 unspecified atom stereocenters. The Labute approximate surface area is 203 Å². The zero-order valence-corrected chi connectivity index (χ0v) is 19.6. The second-order valence-corrected chi connectivity index (χ2v) is 9.37.